The summed E-state index contributed by atoms with van der Waals surface area (Å²) in [4.78, 5) is 8.35. The summed E-state index contributed by atoms with van der Waals surface area (Å²) in [5.41, 5.74) is 7.73. The maximum absolute atomic E-state index is 5.67. The molecule has 6 nitrogen and oxygen atoms in total. The number of oxazole rings is 2. The van der Waals surface area contributed by atoms with Crippen molar-refractivity contribution >= 4 is 22.8 Å². The normalized spacial score (nSPS) is 10.9. The van der Waals surface area contributed by atoms with Gasteiger partial charge in [0.2, 0.25) is 5.89 Å². The topological polar surface area (TPSA) is 90.1 Å². The summed E-state index contributed by atoms with van der Waals surface area (Å²) in [7, 11) is 0. The fourth-order valence-electron chi connectivity index (χ4n) is 1.65. The van der Waals surface area contributed by atoms with Gasteiger partial charge in [0.15, 0.2) is 5.58 Å². The fraction of sp³-hybridized carbons (Fsp3) is 0.167. The Morgan fingerprint density at radius 3 is 3.00 bits per heavy atom. The molecule has 92 valence electrons. The number of nitrogens with zero attached hydrogens (tertiary/aromatic N) is 2. The van der Waals surface area contributed by atoms with E-state index in [1.165, 1.54) is 0 Å². The Bertz CT molecular complexity index is 686. The molecule has 0 aliphatic rings. The molecule has 0 saturated carbocycles. The molecule has 0 atom stereocenters. The summed E-state index contributed by atoms with van der Waals surface area (Å²) < 4.78 is 10.8. The average molecular weight is 244 g/mol. The monoisotopic (exact) mass is 244 g/mol. The van der Waals surface area contributed by atoms with Crippen molar-refractivity contribution in [2.45, 2.75) is 13.5 Å². The van der Waals surface area contributed by atoms with Crippen LogP contribution < -0.4 is 11.1 Å². The van der Waals surface area contributed by atoms with E-state index in [9.17, 15) is 0 Å². The van der Waals surface area contributed by atoms with Gasteiger partial charge in [-0.2, -0.15) is 4.98 Å². The highest BCUT2D eigenvalue weighted by Gasteiger charge is 2.07. The summed E-state index contributed by atoms with van der Waals surface area (Å²) in [6, 6.07) is 5.76. The first-order chi connectivity index (χ1) is 8.70. The van der Waals surface area contributed by atoms with Crippen LogP contribution in [0.2, 0.25) is 0 Å². The van der Waals surface area contributed by atoms with Crippen LogP contribution in [0.4, 0.5) is 11.7 Å². The summed E-state index contributed by atoms with van der Waals surface area (Å²) in [6.45, 7) is 2.27. The Morgan fingerprint density at radius 1 is 1.33 bits per heavy atom. The third-order valence-electron chi connectivity index (χ3n) is 2.47. The zero-order chi connectivity index (χ0) is 12.5. The standard InChI is InChI=1S/C12H12N4O2/c1-7-5-14-11(17-7)6-15-12-16-9-3-2-8(13)4-10(9)18-12/h2-5H,6,13H2,1H3,(H,15,16). The van der Waals surface area contributed by atoms with Crippen molar-refractivity contribution in [3.63, 3.8) is 0 Å². The molecule has 0 bridgehead atoms. The molecule has 3 rings (SSSR count). The molecule has 3 aromatic rings. The molecule has 0 fully saturated rings. The van der Waals surface area contributed by atoms with Crippen LogP contribution in [0, 0.1) is 6.92 Å². The lowest BCUT2D eigenvalue weighted by Crippen LogP contribution is -1.99. The molecule has 6 heteroatoms. The van der Waals surface area contributed by atoms with E-state index in [0.29, 0.717) is 29.7 Å². The van der Waals surface area contributed by atoms with E-state index in [2.05, 4.69) is 15.3 Å². The lowest BCUT2D eigenvalue weighted by molar-refractivity contribution is 0.475. The number of fused-ring (bicyclic) bond motifs is 1. The number of nitrogen functional groups attached to an aromatic ring is 1. The highest BCUT2D eigenvalue weighted by Crippen LogP contribution is 2.21. The maximum atomic E-state index is 5.67. The van der Waals surface area contributed by atoms with Gasteiger partial charge >= 0.3 is 0 Å². The minimum absolute atomic E-state index is 0.423. The lowest BCUT2D eigenvalue weighted by Gasteiger charge is -1.95. The molecule has 2 heterocycles. The van der Waals surface area contributed by atoms with Crippen molar-refractivity contribution in [1.29, 1.82) is 0 Å². The number of hydrogen-bond acceptors (Lipinski definition) is 6. The van der Waals surface area contributed by atoms with Crippen molar-refractivity contribution in [2.75, 3.05) is 11.1 Å². The van der Waals surface area contributed by atoms with E-state index in [0.717, 1.165) is 11.3 Å². The minimum atomic E-state index is 0.423. The number of hydrogen-bond donors (Lipinski definition) is 2. The van der Waals surface area contributed by atoms with Crippen LogP contribution in [-0.4, -0.2) is 9.97 Å². The number of nitrogens with one attached hydrogen (secondary N) is 1. The molecule has 3 N–H and O–H groups in total. The molecule has 0 saturated heterocycles. The fourth-order valence-corrected chi connectivity index (χ4v) is 1.65. The van der Waals surface area contributed by atoms with Crippen LogP contribution >= 0.6 is 0 Å². The second kappa shape index (κ2) is 4.06. The van der Waals surface area contributed by atoms with Crippen molar-refractivity contribution in [2.24, 2.45) is 0 Å². The Labute approximate surface area is 103 Å². The molecule has 0 amide bonds. The molecule has 0 aliphatic heterocycles. The van der Waals surface area contributed by atoms with Gasteiger partial charge in [-0.1, -0.05) is 0 Å². The number of benzene rings is 1. The first kappa shape index (κ1) is 10.6. The van der Waals surface area contributed by atoms with Gasteiger partial charge in [0, 0.05) is 11.8 Å². The Balaban J connectivity index is 1.78. The van der Waals surface area contributed by atoms with Crippen LogP contribution in [0.5, 0.6) is 0 Å². The average Bonchev–Trinajstić information content (AvgIpc) is 2.92. The van der Waals surface area contributed by atoms with Gasteiger partial charge in [-0.25, -0.2) is 4.98 Å². The zero-order valence-electron chi connectivity index (χ0n) is 9.80. The number of aryl methyl sites for hydroxylation is 1. The molecule has 2 aromatic heterocycles. The van der Waals surface area contributed by atoms with Crippen LogP contribution in [0.3, 0.4) is 0 Å². The minimum Gasteiger partial charge on any atom is -0.444 e. The molecular formula is C12H12N4O2. The Morgan fingerprint density at radius 2 is 2.22 bits per heavy atom. The smallest absolute Gasteiger partial charge is 0.296 e. The Kier molecular flexibility index (Phi) is 2.40. The van der Waals surface area contributed by atoms with E-state index in [1.807, 2.05) is 13.0 Å². The molecule has 1 aromatic carbocycles. The van der Waals surface area contributed by atoms with Gasteiger partial charge in [0.1, 0.15) is 11.3 Å². The molecule has 0 aliphatic carbocycles. The molecule has 0 radical (unpaired) electrons. The molecular weight excluding hydrogens is 232 g/mol. The Hall–Kier alpha value is -2.50. The predicted molar refractivity (Wildman–Crippen MR) is 67.0 cm³/mol. The second-order valence-electron chi connectivity index (χ2n) is 3.96. The number of nitrogens with two attached hydrogens (primary N) is 1. The lowest BCUT2D eigenvalue weighted by atomic mass is 10.3. The van der Waals surface area contributed by atoms with E-state index in [4.69, 9.17) is 14.6 Å². The van der Waals surface area contributed by atoms with E-state index >= 15 is 0 Å². The maximum Gasteiger partial charge on any atom is 0.296 e. The number of rotatable bonds is 3. The van der Waals surface area contributed by atoms with Crippen LogP contribution in [0.15, 0.2) is 33.2 Å². The van der Waals surface area contributed by atoms with Gasteiger partial charge in [-0.15, -0.1) is 0 Å². The number of aromatic nitrogens is 2. The summed E-state index contributed by atoms with van der Waals surface area (Å²) in [5, 5.41) is 3.01. The third-order valence-corrected chi connectivity index (χ3v) is 2.47. The van der Waals surface area contributed by atoms with Crippen molar-refractivity contribution in [1.82, 2.24) is 9.97 Å². The molecule has 18 heavy (non-hydrogen) atoms. The third kappa shape index (κ3) is 2.00. The first-order valence-corrected chi connectivity index (χ1v) is 5.52. The van der Waals surface area contributed by atoms with E-state index < -0.39 is 0 Å². The van der Waals surface area contributed by atoms with Crippen molar-refractivity contribution < 1.29 is 8.83 Å². The zero-order valence-corrected chi connectivity index (χ0v) is 9.80. The van der Waals surface area contributed by atoms with Gasteiger partial charge < -0.3 is 19.9 Å². The highest BCUT2D eigenvalue weighted by molar-refractivity contribution is 5.77. The van der Waals surface area contributed by atoms with E-state index in [1.54, 1.807) is 18.3 Å². The highest BCUT2D eigenvalue weighted by atomic mass is 16.4. The van der Waals surface area contributed by atoms with Crippen molar-refractivity contribution in [3.05, 3.63) is 36.0 Å². The largest absolute Gasteiger partial charge is 0.444 e. The first-order valence-electron chi connectivity index (χ1n) is 5.52. The van der Waals surface area contributed by atoms with Gasteiger partial charge in [-0.3, -0.25) is 0 Å². The van der Waals surface area contributed by atoms with E-state index in [-0.39, 0.29) is 0 Å². The second-order valence-corrected chi connectivity index (χ2v) is 3.96. The summed E-state index contributed by atoms with van der Waals surface area (Å²) in [6.07, 6.45) is 1.67. The van der Waals surface area contributed by atoms with Gasteiger partial charge in [0.05, 0.1) is 12.7 Å². The predicted octanol–water partition coefficient (Wildman–Crippen LogP) is 2.32. The van der Waals surface area contributed by atoms with Crippen LogP contribution in [0.25, 0.3) is 11.1 Å². The molecule has 0 spiro atoms. The summed E-state index contributed by atoms with van der Waals surface area (Å²) in [5.74, 6) is 1.37. The van der Waals surface area contributed by atoms with Crippen LogP contribution in [-0.2, 0) is 6.54 Å². The molecule has 0 unspecified atom stereocenters. The quantitative estimate of drug-likeness (QED) is 0.687. The summed E-state index contributed by atoms with van der Waals surface area (Å²) >= 11 is 0. The van der Waals surface area contributed by atoms with Crippen LogP contribution in [0.1, 0.15) is 11.7 Å². The number of anilines is 2. The van der Waals surface area contributed by atoms with Crippen molar-refractivity contribution in [3.8, 4) is 0 Å². The van der Waals surface area contributed by atoms with Gasteiger partial charge in [0.25, 0.3) is 6.01 Å². The van der Waals surface area contributed by atoms with Gasteiger partial charge in [-0.05, 0) is 19.1 Å². The SMILES string of the molecule is Cc1cnc(CNc2nc3ccc(N)cc3o2)o1.